The van der Waals surface area contributed by atoms with Crippen molar-refractivity contribution in [1.82, 2.24) is 4.31 Å². The SMILES string of the molecule is CC1COCC(C)N1S(=O)(=O)c1cc(C(N)=O)c(NC(=O)c2ccccc2C(F)(F)F)s1. The first-order valence-electron chi connectivity index (χ1n) is 9.36. The number of nitrogens with zero attached hydrogens (tertiary/aromatic N) is 1. The Morgan fingerprint density at radius 1 is 1.16 bits per heavy atom. The molecule has 1 aromatic heterocycles. The van der Waals surface area contributed by atoms with E-state index in [9.17, 15) is 31.2 Å². The minimum atomic E-state index is -4.78. The molecule has 0 aliphatic carbocycles. The molecule has 1 fully saturated rings. The Balaban J connectivity index is 2.00. The van der Waals surface area contributed by atoms with Crippen molar-refractivity contribution in [1.29, 1.82) is 0 Å². The highest BCUT2D eigenvalue weighted by Crippen LogP contribution is 2.36. The van der Waals surface area contributed by atoms with E-state index in [-0.39, 0.29) is 28.0 Å². The molecular formula is C19H20F3N3O5S2. The summed E-state index contributed by atoms with van der Waals surface area (Å²) in [7, 11) is -4.09. The van der Waals surface area contributed by atoms with Crippen LogP contribution < -0.4 is 11.1 Å². The molecule has 1 saturated heterocycles. The smallest absolute Gasteiger partial charge is 0.378 e. The van der Waals surface area contributed by atoms with Gasteiger partial charge in [-0.2, -0.15) is 17.5 Å². The molecule has 2 aromatic rings. The van der Waals surface area contributed by atoms with E-state index in [2.05, 4.69) is 5.32 Å². The number of carbonyl (C=O) groups is 2. The lowest BCUT2D eigenvalue weighted by atomic mass is 10.1. The van der Waals surface area contributed by atoms with Crippen LogP contribution in [-0.4, -0.2) is 49.8 Å². The lowest BCUT2D eigenvalue weighted by molar-refractivity contribution is -0.137. The lowest BCUT2D eigenvalue weighted by Gasteiger charge is -2.37. The second-order valence-electron chi connectivity index (χ2n) is 7.24. The molecule has 2 amide bonds. The summed E-state index contributed by atoms with van der Waals surface area (Å²) >= 11 is 0.544. The number of nitrogens with one attached hydrogen (secondary N) is 1. The molecule has 2 unspecified atom stereocenters. The molecule has 1 aliphatic rings. The van der Waals surface area contributed by atoms with Gasteiger partial charge in [0, 0.05) is 12.1 Å². The van der Waals surface area contributed by atoms with Gasteiger partial charge in [-0.05, 0) is 32.0 Å². The van der Waals surface area contributed by atoms with E-state index in [4.69, 9.17) is 10.5 Å². The number of hydrogen-bond acceptors (Lipinski definition) is 6. The van der Waals surface area contributed by atoms with Crippen LogP contribution in [0, 0.1) is 0 Å². The van der Waals surface area contributed by atoms with Gasteiger partial charge in [0.25, 0.3) is 21.8 Å². The predicted octanol–water partition coefficient (Wildman–Crippen LogP) is 2.92. The van der Waals surface area contributed by atoms with E-state index in [0.717, 1.165) is 24.3 Å². The minimum absolute atomic E-state index is 0.176. The first-order chi connectivity index (χ1) is 14.8. The number of sulfonamides is 1. The van der Waals surface area contributed by atoms with Crippen molar-refractivity contribution in [3.63, 3.8) is 0 Å². The molecule has 13 heteroatoms. The van der Waals surface area contributed by atoms with E-state index >= 15 is 0 Å². The standard InChI is InChI=1S/C19H20F3N3O5S2/c1-10-8-30-9-11(2)25(10)32(28,29)15-7-13(16(23)26)18(31-15)24-17(27)12-5-3-4-6-14(12)19(20,21)22/h3-7,10-11H,8-9H2,1-2H3,(H2,23,26)(H,24,27). The molecular weight excluding hydrogens is 471 g/mol. The molecule has 0 saturated carbocycles. The van der Waals surface area contributed by atoms with E-state index < -0.39 is 51.2 Å². The maximum atomic E-state index is 13.2. The monoisotopic (exact) mass is 491 g/mol. The van der Waals surface area contributed by atoms with Crippen molar-refractivity contribution >= 4 is 38.2 Å². The Morgan fingerprint density at radius 2 is 1.75 bits per heavy atom. The normalized spacial score (nSPS) is 20.2. The Bertz CT molecular complexity index is 1140. The third kappa shape index (κ3) is 4.65. The zero-order valence-corrected chi connectivity index (χ0v) is 18.6. The van der Waals surface area contributed by atoms with E-state index in [1.54, 1.807) is 13.8 Å². The molecule has 0 radical (unpaired) electrons. The third-order valence-electron chi connectivity index (χ3n) is 4.80. The summed E-state index contributed by atoms with van der Waals surface area (Å²) in [5, 5.41) is 1.95. The van der Waals surface area contributed by atoms with Gasteiger partial charge in [-0.3, -0.25) is 9.59 Å². The number of amides is 2. The van der Waals surface area contributed by atoms with Crippen molar-refractivity contribution in [2.75, 3.05) is 18.5 Å². The van der Waals surface area contributed by atoms with Crippen LogP contribution in [0.25, 0.3) is 0 Å². The minimum Gasteiger partial charge on any atom is -0.378 e. The van der Waals surface area contributed by atoms with Crippen LogP contribution in [0.5, 0.6) is 0 Å². The highest BCUT2D eigenvalue weighted by Gasteiger charge is 2.39. The van der Waals surface area contributed by atoms with E-state index in [1.165, 1.54) is 10.4 Å². The fourth-order valence-electron chi connectivity index (χ4n) is 3.44. The van der Waals surface area contributed by atoms with Gasteiger partial charge in [0.15, 0.2) is 0 Å². The fraction of sp³-hybridized carbons (Fsp3) is 0.368. The number of nitrogens with two attached hydrogens (primary N) is 1. The zero-order chi connectivity index (χ0) is 23.8. The lowest BCUT2D eigenvalue weighted by Crippen LogP contribution is -2.52. The number of morpholine rings is 1. The average Bonchev–Trinajstić information content (AvgIpc) is 3.12. The van der Waals surface area contributed by atoms with Gasteiger partial charge in [-0.1, -0.05) is 12.1 Å². The molecule has 0 spiro atoms. The maximum absolute atomic E-state index is 13.2. The van der Waals surface area contributed by atoms with Crippen LogP contribution in [0.3, 0.4) is 0 Å². The molecule has 174 valence electrons. The number of halogens is 3. The van der Waals surface area contributed by atoms with Gasteiger partial charge in [-0.25, -0.2) is 8.42 Å². The number of thiophene rings is 1. The van der Waals surface area contributed by atoms with E-state index in [0.29, 0.717) is 11.3 Å². The number of hydrogen-bond donors (Lipinski definition) is 2. The van der Waals surface area contributed by atoms with Gasteiger partial charge < -0.3 is 15.8 Å². The number of alkyl halides is 3. The summed E-state index contributed by atoms with van der Waals surface area (Å²) < 4.78 is 72.5. The van der Waals surface area contributed by atoms with Crippen LogP contribution in [0.1, 0.15) is 40.1 Å². The number of rotatable bonds is 5. The predicted molar refractivity (Wildman–Crippen MR) is 111 cm³/mol. The fourth-order valence-corrected chi connectivity index (χ4v) is 6.70. The molecule has 2 heterocycles. The highest BCUT2D eigenvalue weighted by atomic mass is 32.2. The van der Waals surface area contributed by atoms with Gasteiger partial charge in [-0.15, -0.1) is 11.3 Å². The second-order valence-corrected chi connectivity index (χ2v) is 10.4. The Morgan fingerprint density at radius 3 is 2.31 bits per heavy atom. The van der Waals surface area contributed by atoms with E-state index in [1.807, 2.05) is 0 Å². The van der Waals surface area contributed by atoms with Crippen molar-refractivity contribution in [2.24, 2.45) is 5.73 Å². The summed E-state index contributed by atoms with van der Waals surface area (Å²) in [5.41, 5.74) is 3.16. The number of carbonyl (C=O) groups excluding carboxylic acids is 2. The summed E-state index contributed by atoms with van der Waals surface area (Å²) in [4.78, 5) is 24.5. The van der Waals surface area contributed by atoms with Gasteiger partial charge in [0.1, 0.15) is 9.21 Å². The van der Waals surface area contributed by atoms with Crippen molar-refractivity contribution in [2.45, 2.75) is 36.3 Å². The molecule has 0 bridgehead atoms. The largest absolute Gasteiger partial charge is 0.417 e. The summed E-state index contributed by atoms with van der Waals surface area (Å²) in [6.07, 6.45) is -4.78. The van der Waals surface area contributed by atoms with Crippen molar-refractivity contribution < 1.29 is 35.9 Å². The van der Waals surface area contributed by atoms with Crippen LogP contribution in [-0.2, 0) is 20.9 Å². The Hall–Kier alpha value is -2.48. The number of anilines is 1. The third-order valence-corrected chi connectivity index (χ3v) is 8.43. The van der Waals surface area contributed by atoms with Crippen LogP contribution in [0.15, 0.2) is 34.5 Å². The number of primary amides is 1. The quantitative estimate of drug-likeness (QED) is 0.667. The number of ether oxygens (including phenoxy) is 1. The van der Waals surface area contributed by atoms with Gasteiger partial charge in [0.2, 0.25) is 0 Å². The number of benzene rings is 1. The molecule has 2 atom stereocenters. The first kappa shape index (κ1) is 24.2. The average molecular weight is 492 g/mol. The molecule has 1 aromatic carbocycles. The van der Waals surface area contributed by atoms with Crippen molar-refractivity contribution in [3.05, 3.63) is 47.0 Å². The van der Waals surface area contributed by atoms with Crippen molar-refractivity contribution in [3.8, 4) is 0 Å². The highest BCUT2D eigenvalue weighted by molar-refractivity contribution is 7.91. The summed E-state index contributed by atoms with van der Waals surface area (Å²) in [5.74, 6) is -2.19. The topological polar surface area (TPSA) is 119 Å². The van der Waals surface area contributed by atoms with Gasteiger partial charge in [0.05, 0.1) is 29.9 Å². The van der Waals surface area contributed by atoms with Gasteiger partial charge >= 0.3 is 6.18 Å². The van der Waals surface area contributed by atoms with Crippen LogP contribution >= 0.6 is 11.3 Å². The summed E-state index contributed by atoms with van der Waals surface area (Å²) in [6, 6.07) is 4.15. The second kappa shape index (κ2) is 8.81. The molecule has 3 N–H and O–H groups in total. The Kier molecular flexibility index (Phi) is 6.65. The molecule has 32 heavy (non-hydrogen) atoms. The Labute approximate surface area is 186 Å². The van der Waals surface area contributed by atoms with Crippen LogP contribution in [0.2, 0.25) is 0 Å². The molecule has 3 rings (SSSR count). The first-order valence-corrected chi connectivity index (χ1v) is 11.6. The maximum Gasteiger partial charge on any atom is 0.417 e. The molecule has 1 aliphatic heterocycles. The van der Waals surface area contributed by atoms with Crippen LogP contribution in [0.4, 0.5) is 18.2 Å². The zero-order valence-electron chi connectivity index (χ0n) is 17.0. The molecule has 8 nitrogen and oxygen atoms in total. The summed E-state index contributed by atoms with van der Waals surface area (Å²) in [6.45, 7) is 3.67.